The maximum absolute atomic E-state index is 11.6. The van der Waals surface area contributed by atoms with Gasteiger partial charge in [0.05, 0.1) is 12.5 Å². The van der Waals surface area contributed by atoms with Crippen molar-refractivity contribution in [2.45, 2.75) is 57.8 Å². The van der Waals surface area contributed by atoms with Crippen LogP contribution in [0.15, 0.2) is 11.2 Å². The van der Waals surface area contributed by atoms with E-state index in [0.29, 0.717) is 12.2 Å². The van der Waals surface area contributed by atoms with E-state index in [1.807, 2.05) is 0 Å². The van der Waals surface area contributed by atoms with E-state index in [1.165, 1.54) is 5.41 Å². The van der Waals surface area contributed by atoms with Crippen molar-refractivity contribution >= 4 is 25.1 Å². The molecular weight excluding hydrogens is 280 g/mol. The van der Waals surface area contributed by atoms with Gasteiger partial charge in [0.15, 0.2) is 8.32 Å². The molecule has 1 heterocycles. The van der Waals surface area contributed by atoms with E-state index in [1.54, 1.807) is 6.26 Å². The molecule has 0 aromatic carbocycles. The summed E-state index contributed by atoms with van der Waals surface area (Å²) >= 11 is 0. The van der Waals surface area contributed by atoms with E-state index in [-0.39, 0.29) is 23.5 Å². The lowest BCUT2D eigenvalue weighted by molar-refractivity contribution is -0.145. The van der Waals surface area contributed by atoms with Crippen molar-refractivity contribution < 1.29 is 18.2 Å². The predicted octanol–water partition coefficient (Wildman–Crippen LogP) is 2.93. The van der Waals surface area contributed by atoms with E-state index in [0.717, 1.165) is 0 Å². The maximum Gasteiger partial charge on any atom is 0.313 e. The highest BCUT2D eigenvalue weighted by Crippen LogP contribution is 2.39. The quantitative estimate of drug-likeness (QED) is 0.594. The first-order chi connectivity index (χ1) is 8.51. The molecule has 0 radical (unpaired) electrons. The zero-order valence-electron chi connectivity index (χ0n) is 12.6. The van der Waals surface area contributed by atoms with Crippen molar-refractivity contribution in [2.24, 2.45) is 0 Å². The van der Waals surface area contributed by atoms with Gasteiger partial charge in [0.1, 0.15) is 5.76 Å². The molecule has 0 aromatic heterocycles. The predicted molar refractivity (Wildman–Crippen MR) is 79.5 cm³/mol. The smallest absolute Gasteiger partial charge is 0.313 e. The number of carbonyl (C=O) groups excluding carboxylic acids is 1. The van der Waals surface area contributed by atoms with Gasteiger partial charge in [-0.1, -0.05) is 20.8 Å². The molecular formula is C13H24O4SSi. The summed E-state index contributed by atoms with van der Waals surface area (Å²) in [5.41, 5.74) is 0. The van der Waals surface area contributed by atoms with Gasteiger partial charge in [0.2, 0.25) is 0 Å². The van der Waals surface area contributed by atoms with Crippen LogP contribution in [0.5, 0.6) is 0 Å². The summed E-state index contributed by atoms with van der Waals surface area (Å²) in [5, 5.41) is 1.59. The minimum atomic E-state index is -1.90. The molecule has 1 aliphatic heterocycles. The normalized spacial score (nSPS) is 25.3. The number of esters is 1. The van der Waals surface area contributed by atoms with E-state index < -0.39 is 19.1 Å². The molecule has 110 valence electrons. The summed E-state index contributed by atoms with van der Waals surface area (Å²) in [6.07, 6.45) is 2.20. The highest BCUT2D eigenvalue weighted by Gasteiger charge is 2.40. The maximum atomic E-state index is 11.6. The second kappa shape index (κ2) is 5.89. The standard InChI is InChI=1S/C13H24O4SSi/c1-13(2,3)19(5,6)17-10-7-11(9-18(4)15)16-12(14)8-10/h9-10H,7-8H2,1-6H3/b11-9+/t10-,18?/m1/s1. The summed E-state index contributed by atoms with van der Waals surface area (Å²) < 4.78 is 22.5. The Morgan fingerprint density at radius 2 is 1.95 bits per heavy atom. The number of hydrogen-bond acceptors (Lipinski definition) is 4. The molecule has 1 aliphatic rings. The van der Waals surface area contributed by atoms with Gasteiger partial charge in [-0.15, -0.1) is 0 Å². The minimum Gasteiger partial charge on any atom is -0.430 e. The fraction of sp³-hybridized carbons (Fsp3) is 0.769. The monoisotopic (exact) mass is 304 g/mol. The molecule has 0 amide bonds. The number of carbonyl (C=O) groups is 1. The van der Waals surface area contributed by atoms with Gasteiger partial charge in [-0.3, -0.25) is 9.00 Å². The van der Waals surface area contributed by atoms with Crippen LogP contribution in [0.3, 0.4) is 0 Å². The van der Waals surface area contributed by atoms with E-state index in [9.17, 15) is 9.00 Å². The van der Waals surface area contributed by atoms with Crippen molar-refractivity contribution in [2.75, 3.05) is 6.26 Å². The molecule has 0 bridgehead atoms. The van der Waals surface area contributed by atoms with E-state index in [4.69, 9.17) is 9.16 Å². The fourth-order valence-corrected chi connectivity index (χ4v) is 3.51. The van der Waals surface area contributed by atoms with Crippen LogP contribution >= 0.6 is 0 Å². The molecule has 0 aliphatic carbocycles. The second-order valence-corrected chi connectivity index (χ2v) is 12.5. The van der Waals surface area contributed by atoms with Crippen LogP contribution in [0.2, 0.25) is 18.1 Å². The van der Waals surface area contributed by atoms with Crippen LogP contribution in [0.4, 0.5) is 0 Å². The number of ether oxygens (including phenoxy) is 1. The largest absolute Gasteiger partial charge is 0.430 e. The van der Waals surface area contributed by atoms with Gasteiger partial charge >= 0.3 is 5.97 Å². The SMILES string of the molecule is CS(=O)/C=C1\C[C@@H](O[Si](C)(C)C(C)(C)C)CC(=O)O1. The van der Waals surface area contributed by atoms with E-state index in [2.05, 4.69) is 33.9 Å². The highest BCUT2D eigenvalue weighted by molar-refractivity contribution is 7.87. The van der Waals surface area contributed by atoms with Crippen molar-refractivity contribution in [1.29, 1.82) is 0 Å². The van der Waals surface area contributed by atoms with Crippen LogP contribution in [0, 0.1) is 0 Å². The van der Waals surface area contributed by atoms with Gasteiger partial charge in [-0.25, -0.2) is 0 Å². The number of hydrogen-bond donors (Lipinski definition) is 0. The van der Waals surface area contributed by atoms with Gasteiger partial charge < -0.3 is 9.16 Å². The summed E-state index contributed by atoms with van der Waals surface area (Å²) in [4.78, 5) is 11.6. The molecule has 0 N–H and O–H groups in total. The van der Waals surface area contributed by atoms with Crippen molar-refractivity contribution in [3.8, 4) is 0 Å². The molecule has 0 aromatic rings. The van der Waals surface area contributed by atoms with Gasteiger partial charge in [0.25, 0.3) is 0 Å². The molecule has 0 spiro atoms. The van der Waals surface area contributed by atoms with Gasteiger partial charge in [0, 0.05) is 28.9 Å². The molecule has 1 fully saturated rings. The Labute approximate surface area is 119 Å². The summed E-state index contributed by atoms with van der Waals surface area (Å²) in [6, 6.07) is 0. The first-order valence-electron chi connectivity index (χ1n) is 6.43. The molecule has 1 saturated heterocycles. The summed E-state index contributed by atoms with van der Waals surface area (Å²) in [7, 11) is -3.02. The molecule has 0 saturated carbocycles. The van der Waals surface area contributed by atoms with Gasteiger partial charge in [-0.2, -0.15) is 0 Å². The van der Waals surface area contributed by atoms with Crippen LogP contribution in [0.25, 0.3) is 0 Å². The highest BCUT2D eigenvalue weighted by atomic mass is 32.2. The topological polar surface area (TPSA) is 52.6 Å². The molecule has 1 unspecified atom stereocenters. The second-order valence-electron chi connectivity index (χ2n) is 6.47. The van der Waals surface area contributed by atoms with Crippen LogP contribution < -0.4 is 0 Å². The first-order valence-corrected chi connectivity index (χ1v) is 11.0. The molecule has 1 rings (SSSR count). The lowest BCUT2D eigenvalue weighted by Crippen LogP contribution is -2.45. The summed E-state index contributed by atoms with van der Waals surface area (Å²) in [5.74, 6) is 0.174. The third-order valence-corrected chi connectivity index (χ3v) is 8.76. The van der Waals surface area contributed by atoms with Crippen LogP contribution in [0.1, 0.15) is 33.6 Å². The minimum absolute atomic E-state index is 0.103. The van der Waals surface area contributed by atoms with E-state index >= 15 is 0 Å². The lowest BCUT2D eigenvalue weighted by atomic mass is 10.1. The molecule has 6 heteroatoms. The van der Waals surface area contributed by atoms with Crippen molar-refractivity contribution in [1.82, 2.24) is 0 Å². The van der Waals surface area contributed by atoms with Crippen LogP contribution in [-0.2, 0) is 24.8 Å². The zero-order chi connectivity index (χ0) is 14.8. The molecule has 4 nitrogen and oxygen atoms in total. The van der Waals surface area contributed by atoms with Crippen molar-refractivity contribution in [3.05, 3.63) is 11.2 Å². The lowest BCUT2D eigenvalue weighted by Gasteiger charge is -2.40. The Kier molecular flexibility index (Phi) is 5.14. The fourth-order valence-electron chi connectivity index (χ4n) is 1.65. The van der Waals surface area contributed by atoms with Crippen molar-refractivity contribution in [3.63, 3.8) is 0 Å². The van der Waals surface area contributed by atoms with Gasteiger partial charge in [-0.05, 0) is 18.1 Å². The summed E-state index contributed by atoms with van der Waals surface area (Å²) in [6.45, 7) is 10.8. The molecule has 2 atom stereocenters. The third-order valence-electron chi connectivity index (χ3n) is 3.63. The Morgan fingerprint density at radius 1 is 1.37 bits per heavy atom. The Balaban J connectivity index is 2.79. The Hall–Kier alpha value is -0.463. The number of rotatable bonds is 3. The average molecular weight is 304 g/mol. The average Bonchev–Trinajstić information content (AvgIpc) is 2.11. The third kappa shape index (κ3) is 4.85. The molecule has 19 heavy (non-hydrogen) atoms. The number of cyclic esters (lactones) is 1. The zero-order valence-corrected chi connectivity index (χ0v) is 14.4. The Morgan fingerprint density at radius 3 is 2.42 bits per heavy atom. The Bertz CT molecular complexity index is 409. The van der Waals surface area contributed by atoms with Crippen LogP contribution in [-0.4, -0.2) is 30.9 Å². The first kappa shape index (κ1) is 16.6.